The Morgan fingerprint density at radius 1 is 1.23 bits per heavy atom. The molecule has 0 N–H and O–H groups in total. The van der Waals surface area contributed by atoms with E-state index in [0.717, 1.165) is 11.0 Å². The maximum atomic E-state index is 12.6. The number of methoxy groups -OCH3 is 1. The van der Waals surface area contributed by atoms with Gasteiger partial charge in [0.25, 0.3) is 0 Å². The second kappa shape index (κ2) is 9.10. The smallest absolute Gasteiger partial charge is 0.387 e. The summed E-state index contributed by atoms with van der Waals surface area (Å²) in [6.45, 7) is -1.58. The highest BCUT2D eigenvalue weighted by atomic mass is 32.1. The van der Waals surface area contributed by atoms with Crippen LogP contribution in [0.4, 0.5) is 8.78 Å². The largest absolute Gasteiger partial charge is 0.493 e. The van der Waals surface area contributed by atoms with E-state index in [9.17, 15) is 18.4 Å². The maximum Gasteiger partial charge on any atom is 0.387 e. The number of rotatable bonds is 8. The molecule has 0 saturated carbocycles. The molecule has 0 spiro atoms. The Labute approximate surface area is 152 Å². The number of para-hydroxylation sites is 1. The lowest BCUT2D eigenvalue weighted by Gasteiger charge is -2.12. The Balaban J connectivity index is 2.02. The number of benzene rings is 1. The zero-order chi connectivity index (χ0) is 19.1. The van der Waals surface area contributed by atoms with E-state index in [1.165, 1.54) is 36.7 Å². The minimum atomic E-state index is -3.04. The molecule has 1 aromatic heterocycles. The van der Waals surface area contributed by atoms with Gasteiger partial charge in [0.1, 0.15) is 0 Å². The number of hydrogen-bond donors (Lipinski definition) is 0. The lowest BCUT2D eigenvalue weighted by Crippen LogP contribution is -2.11. The highest BCUT2D eigenvalue weighted by Crippen LogP contribution is 2.33. The van der Waals surface area contributed by atoms with Gasteiger partial charge in [0.2, 0.25) is 5.78 Å². The van der Waals surface area contributed by atoms with Crippen LogP contribution >= 0.6 is 11.3 Å². The highest BCUT2D eigenvalue weighted by Gasteiger charge is 2.14. The van der Waals surface area contributed by atoms with Crippen LogP contribution in [0.1, 0.15) is 20.1 Å². The van der Waals surface area contributed by atoms with Crippen LogP contribution in [0, 0.1) is 6.92 Å². The number of carbonyl (C=O) groups is 2. The normalized spacial score (nSPS) is 11.0. The maximum absolute atomic E-state index is 12.6. The number of Topliss-reactive ketones (excluding diaryl/α,β-unsaturated/α-hetero) is 1. The molecular formula is C18H16F2O5S. The number of esters is 1. The first kappa shape index (κ1) is 19.6. The Bertz CT molecular complexity index is 814. The first-order chi connectivity index (χ1) is 12.4. The molecule has 0 fully saturated rings. The molecule has 0 aliphatic heterocycles. The molecule has 2 aromatic rings. The van der Waals surface area contributed by atoms with Gasteiger partial charge in [-0.1, -0.05) is 12.1 Å². The fourth-order valence-electron chi connectivity index (χ4n) is 2.04. The lowest BCUT2D eigenvalue weighted by atomic mass is 10.1. The van der Waals surface area contributed by atoms with Gasteiger partial charge in [0, 0.05) is 16.5 Å². The van der Waals surface area contributed by atoms with E-state index in [1.54, 1.807) is 18.2 Å². The third-order valence-corrected chi connectivity index (χ3v) is 4.24. The van der Waals surface area contributed by atoms with Crippen molar-refractivity contribution in [3.8, 4) is 11.5 Å². The third-order valence-electron chi connectivity index (χ3n) is 3.20. The van der Waals surface area contributed by atoms with Crippen LogP contribution < -0.4 is 9.47 Å². The zero-order valence-electron chi connectivity index (χ0n) is 14.0. The molecule has 0 aliphatic carbocycles. The van der Waals surface area contributed by atoms with Crippen molar-refractivity contribution in [1.82, 2.24) is 0 Å². The van der Waals surface area contributed by atoms with E-state index >= 15 is 0 Å². The van der Waals surface area contributed by atoms with Crippen molar-refractivity contribution in [3.05, 3.63) is 51.7 Å². The molecular weight excluding hydrogens is 366 g/mol. The van der Waals surface area contributed by atoms with Gasteiger partial charge in [-0.05, 0) is 31.2 Å². The number of ketones is 1. The summed E-state index contributed by atoms with van der Waals surface area (Å²) < 4.78 is 39.4. The average Bonchev–Trinajstić information content (AvgIpc) is 3.04. The minimum Gasteiger partial charge on any atom is -0.493 e. The Hall–Kier alpha value is -2.74. The molecule has 0 bridgehead atoms. The number of hydrogen-bond acceptors (Lipinski definition) is 6. The molecule has 5 nitrogen and oxygen atoms in total. The molecule has 2 rings (SSSR count). The highest BCUT2D eigenvalue weighted by molar-refractivity contribution is 7.14. The molecule has 8 heteroatoms. The number of thiophene rings is 1. The summed E-state index contributed by atoms with van der Waals surface area (Å²) in [6, 6.07) is 7.95. The second-order valence-corrected chi connectivity index (χ2v) is 6.32. The van der Waals surface area contributed by atoms with Gasteiger partial charge >= 0.3 is 12.6 Å². The van der Waals surface area contributed by atoms with E-state index in [4.69, 9.17) is 9.47 Å². The third kappa shape index (κ3) is 5.38. The summed E-state index contributed by atoms with van der Waals surface area (Å²) >= 11 is 1.31. The van der Waals surface area contributed by atoms with Crippen molar-refractivity contribution in [2.24, 2.45) is 0 Å². The minimum absolute atomic E-state index is 0.101. The molecule has 26 heavy (non-hydrogen) atoms. The van der Waals surface area contributed by atoms with Crippen molar-refractivity contribution in [2.75, 3.05) is 13.7 Å². The van der Waals surface area contributed by atoms with Crippen LogP contribution in [0.15, 0.2) is 36.4 Å². The number of halogens is 2. The van der Waals surface area contributed by atoms with Gasteiger partial charge in [-0.3, -0.25) is 4.79 Å². The van der Waals surface area contributed by atoms with Crippen molar-refractivity contribution in [1.29, 1.82) is 0 Å². The summed E-state index contributed by atoms with van der Waals surface area (Å²) in [5, 5.41) is 0. The molecule has 0 aliphatic rings. The van der Waals surface area contributed by atoms with Crippen molar-refractivity contribution < 1.29 is 32.6 Å². The summed E-state index contributed by atoms with van der Waals surface area (Å²) in [4.78, 5) is 25.1. The van der Waals surface area contributed by atoms with Crippen LogP contribution in [0.5, 0.6) is 11.5 Å². The fourth-order valence-corrected chi connectivity index (χ4v) is 2.83. The van der Waals surface area contributed by atoms with E-state index in [2.05, 4.69) is 4.74 Å². The van der Waals surface area contributed by atoms with Crippen LogP contribution in [0.3, 0.4) is 0 Å². The van der Waals surface area contributed by atoms with E-state index in [1.807, 2.05) is 6.92 Å². The average molecular weight is 382 g/mol. The van der Waals surface area contributed by atoms with Crippen LogP contribution in [-0.2, 0) is 9.53 Å². The Morgan fingerprint density at radius 2 is 2.00 bits per heavy atom. The SMILES string of the molecule is COc1cccc(/C=C/C(=O)OCC(=O)c2ccc(C)s2)c1OC(F)F. The number of carbonyl (C=O) groups excluding carboxylic acids is 2. The summed E-state index contributed by atoms with van der Waals surface area (Å²) in [6.07, 6.45) is 2.28. The molecule has 138 valence electrons. The topological polar surface area (TPSA) is 61.8 Å². The molecule has 0 amide bonds. The van der Waals surface area contributed by atoms with Gasteiger partial charge in [-0.25, -0.2) is 4.79 Å². The number of ether oxygens (including phenoxy) is 3. The summed E-state index contributed by atoms with van der Waals surface area (Å²) in [5.74, 6) is -1.19. The van der Waals surface area contributed by atoms with Crippen LogP contribution in [0.25, 0.3) is 6.08 Å². The molecule has 1 heterocycles. The molecule has 0 atom stereocenters. The molecule has 0 unspecified atom stereocenters. The van der Waals surface area contributed by atoms with E-state index < -0.39 is 19.2 Å². The van der Waals surface area contributed by atoms with Crippen molar-refractivity contribution >= 4 is 29.2 Å². The monoisotopic (exact) mass is 382 g/mol. The van der Waals surface area contributed by atoms with Crippen molar-refractivity contribution in [2.45, 2.75) is 13.5 Å². The number of aryl methyl sites for hydroxylation is 1. The molecule has 0 radical (unpaired) electrons. The standard InChI is InChI=1S/C18H16F2O5S/c1-11-6-8-15(26-11)13(21)10-24-16(22)9-7-12-4-3-5-14(23-2)17(12)25-18(19)20/h3-9,18H,10H2,1-2H3/b9-7+. The fraction of sp³-hybridized carbons (Fsp3) is 0.222. The predicted molar refractivity (Wildman–Crippen MR) is 93.0 cm³/mol. The second-order valence-electron chi connectivity index (χ2n) is 5.03. The zero-order valence-corrected chi connectivity index (χ0v) is 14.8. The molecule has 1 aromatic carbocycles. The Morgan fingerprint density at radius 3 is 2.62 bits per heavy atom. The quantitative estimate of drug-likeness (QED) is 0.391. The van der Waals surface area contributed by atoms with Gasteiger partial charge in [-0.15, -0.1) is 11.3 Å². The van der Waals surface area contributed by atoms with Crippen LogP contribution in [0.2, 0.25) is 0 Å². The Kier molecular flexibility index (Phi) is 6.85. The number of alkyl halides is 2. The first-order valence-electron chi connectivity index (χ1n) is 7.47. The van der Waals surface area contributed by atoms with Gasteiger partial charge < -0.3 is 14.2 Å². The summed E-state index contributed by atoms with van der Waals surface area (Å²) in [7, 11) is 1.31. The van der Waals surface area contributed by atoms with Gasteiger partial charge in [0.05, 0.1) is 12.0 Å². The van der Waals surface area contributed by atoms with E-state index in [0.29, 0.717) is 4.88 Å². The van der Waals surface area contributed by atoms with Gasteiger partial charge in [0.15, 0.2) is 18.1 Å². The predicted octanol–water partition coefficient (Wildman–Crippen LogP) is 4.11. The first-order valence-corrected chi connectivity index (χ1v) is 8.28. The van der Waals surface area contributed by atoms with Gasteiger partial charge in [-0.2, -0.15) is 8.78 Å². The van der Waals surface area contributed by atoms with Crippen LogP contribution in [-0.4, -0.2) is 32.1 Å². The summed E-state index contributed by atoms with van der Waals surface area (Å²) in [5.41, 5.74) is 0.210. The van der Waals surface area contributed by atoms with E-state index in [-0.39, 0.29) is 22.8 Å². The van der Waals surface area contributed by atoms with Crippen molar-refractivity contribution in [3.63, 3.8) is 0 Å². The molecule has 0 saturated heterocycles. The lowest BCUT2D eigenvalue weighted by molar-refractivity contribution is -0.136.